The Morgan fingerprint density at radius 1 is 1.16 bits per heavy atom. The van der Waals surface area contributed by atoms with Gasteiger partial charge in [0.1, 0.15) is 17.3 Å². The van der Waals surface area contributed by atoms with Crippen LogP contribution in [0.3, 0.4) is 0 Å². The molecule has 0 saturated carbocycles. The number of methoxy groups -OCH3 is 1. The zero-order valence-electron chi connectivity index (χ0n) is 18.1. The molecule has 172 valence electrons. The van der Waals surface area contributed by atoms with Crippen molar-refractivity contribution in [2.24, 2.45) is 0 Å². The number of anilines is 2. The van der Waals surface area contributed by atoms with Crippen LogP contribution >= 0.6 is 23.2 Å². The maximum absolute atomic E-state index is 13.0. The lowest BCUT2D eigenvalue weighted by atomic mass is 10.2. The predicted molar refractivity (Wildman–Crippen MR) is 127 cm³/mol. The molecule has 2 aromatic rings. The number of hydrogen-bond acceptors (Lipinski definition) is 6. The number of amides is 1. The van der Waals surface area contributed by atoms with Crippen molar-refractivity contribution in [1.82, 2.24) is 14.7 Å². The number of ether oxygens (including phenoxy) is 2. The molecule has 3 heterocycles. The lowest BCUT2D eigenvalue weighted by Gasteiger charge is -2.36. The molecule has 0 aliphatic carbocycles. The first-order chi connectivity index (χ1) is 15.5. The largest absolute Gasteiger partial charge is 0.495 e. The Hall–Kier alpha value is -2.42. The smallest absolute Gasteiger partial charge is 0.244 e. The minimum absolute atomic E-state index is 0.00845. The Kier molecular flexibility index (Phi) is 7.13. The highest BCUT2D eigenvalue weighted by molar-refractivity contribution is 6.34. The van der Waals surface area contributed by atoms with Crippen LogP contribution in [0.5, 0.6) is 5.75 Å². The van der Waals surface area contributed by atoms with Crippen LogP contribution in [0.2, 0.25) is 10.0 Å². The average Bonchev–Trinajstić information content (AvgIpc) is 3.14. The second kappa shape index (κ2) is 10.0. The van der Waals surface area contributed by atoms with Crippen LogP contribution in [0, 0.1) is 0 Å². The maximum Gasteiger partial charge on any atom is 0.244 e. The first kappa shape index (κ1) is 22.8. The Morgan fingerprint density at radius 3 is 2.53 bits per heavy atom. The number of hydrogen-bond donors (Lipinski definition) is 0. The highest BCUT2D eigenvalue weighted by atomic mass is 35.5. The van der Waals surface area contributed by atoms with Crippen LogP contribution in [-0.4, -0.2) is 80.2 Å². The van der Waals surface area contributed by atoms with Crippen LogP contribution in [-0.2, 0) is 16.1 Å². The van der Waals surface area contributed by atoms with Gasteiger partial charge in [0.15, 0.2) is 5.82 Å². The van der Waals surface area contributed by atoms with Crippen molar-refractivity contribution < 1.29 is 14.3 Å². The molecule has 32 heavy (non-hydrogen) atoms. The maximum atomic E-state index is 13.0. The van der Waals surface area contributed by atoms with E-state index in [1.54, 1.807) is 17.9 Å². The van der Waals surface area contributed by atoms with Gasteiger partial charge in [-0.1, -0.05) is 29.8 Å². The van der Waals surface area contributed by atoms with Gasteiger partial charge >= 0.3 is 0 Å². The molecule has 2 aliphatic heterocycles. The molecule has 1 aromatic carbocycles. The van der Waals surface area contributed by atoms with Crippen LogP contribution in [0.15, 0.2) is 24.8 Å². The van der Waals surface area contributed by atoms with E-state index < -0.39 is 0 Å². The standard InChI is InChI=1S/C22H27Cl2N5O3/c1-3-18-21(24)22(28-10-12-32-13-11-28)25-29(18)15-20(30)27-8-6-26(7-9-27)16-4-5-17(23)19(14-16)31-2/h3-5,14H,1,6-13,15H2,2H3. The van der Waals surface area contributed by atoms with Crippen molar-refractivity contribution in [3.05, 3.63) is 40.5 Å². The van der Waals surface area contributed by atoms with E-state index in [0.717, 1.165) is 31.9 Å². The molecule has 1 amide bonds. The van der Waals surface area contributed by atoms with E-state index in [1.807, 2.05) is 23.1 Å². The number of rotatable bonds is 6. The number of morpholine rings is 1. The number of carbonyl (C=O) groups is 1. The molecule has 10 heteroatoms. The predicted octanol–water partition coefficient (Wildman–Crippen LogP) is 3.03. The summed E-state index contributed by atoms with van der Waals surface area (Å²) in [5.41, 5.74) is 1.69. The Labute approximate surface area is 197 Å². The molecule has 2 aliphatic rings. The van der Waals surface area contributed by atoms with E-state index in [1.165, 1.54) is 0 Å². The van der Waals surface area contributed by atoms with Crippen LogP contribution < -0.4 is 14.5 Å². The molecule has 4 rings (SSSR count). The van der Waals surface area contributed by atoms with Gasteiger partial charge in [0.2, 0.25) is 5.91 Å². The molecule has 0 bridgehead atoms. The van der Waals surface area contributed by atoms with Gasteiger partial charge in [0.05, 0.1) is 31.0 Å². The average molecular weight is 480 g/mol. The van der Waals surface area contributed by atoms with Gasteiger partial charge < -0.3 is 24.2 Å². The third-order valence-electron chi connectivity index (χ3n) is 5.84. The molecule has 0 atom stereocenters. The van der Waals surface area contributed by atoms with Crippen molar-refractivity contribution in [3.63, 3.8) is 0 Å². The zero-order valence-corrected chi connectivity index (χ0v) is 19.6. The summed E-state index contributed by atoms with van der Waals surface area (Å²) < 4.78 is 12.4. The first-order valence-electron chi connectivity index (χ1n) is 10.6. The zero-order chi connectivity index (χ0) is 22.7. The van der Waals surface area contributed by atoms with Gasteiger partial charge in [-0.15, -0.1) is 0 Å². The summed E-state index contributed by atoms with van der Waals surface area (Å²) in [4.78, 5) is 19.2. The van der Waals surface area contributed by atoms with E-state index in [-0.39, 0.29) is 12.5 Å². The Balaban J connectivity index is 1.40. The summed E-state index contributed by atoms with van der Waals surface area (Å²) in [6.07, 6.45) is 1.65. The summed E-state index contributed by atoms with van der Waals surface area (Å²) in [6.45, 7) is 9.39. The van der Waals surface area contributed by atoms with Crippen LogP contribution in [0.1, 0.15) is 5.69 Å². The lowest BCUT2D eigenvalue weighted by molar-refractivity contribution is -0.132. The second-order valence-corrected chi connectivity index (χ2v) is 8.46. The summed E-state index contributed by atoms with van der Waals surface area (Å²) in [5, 5.41) is 5.73. The fourth-order valence-electron chi connectivity index (χ4n) is 4.02. The Bertz CT molecular complexity index is 982. The van der Waals surface area contributed by atoms with Gasteiger partial charge in [-0.3, -0.25) is 9.48 Å². The molecule has 0 radical (unpaired) electrons. The summed E-state index contributed by atoms with van der Waals surface area (Å²) in [6, 6.07) is 5.73. The normalized spacial score (nSPS) is 16.9. The number of piperazine rings is 1. The fourth-order valence-corrected chi connectivity index (χ4v) is 4.55. The molecular formula is C22H27Cl2N5O3. The second-order valence-electron chi connectivity index (χ2n) is 7.67. The highest BCUT2D eigenvalue weighted by Crippen LogP contribution is 2.31. The summed E-state index contributed by atoms with van der Waals surface area (Å²) in [7, 11) is 1.60. The van der Waals surface area contributed by atoms with Gasteiger partial charge in [0.25, 0.3) is 0 Å². The van der Waals surface area contributed by atoms with Gasteiger partial charge in [-0.2, -0.15) is 5.10 Å². The van der Waals surface area contributed by atoms with Crippen molar-refractivity contribution in [2.45, 2.75) is 6.54 Å². The number of halogens is 2. The van der Waals surface area contributed by atoms with E-state index >= 15 is 0 Å². The van der Waals surface area contributed by atoms with Gasteiger partial charge in [-0.25, -0.2) is 0 Å². The third kappa shape index (κ3) is 4.67. The molecule has 0 spiro atoms. The van der Waals surface area contributed by atoms with E-state index in [4.69, 9.17) is 32.7 Å². The summed E-state index contributed by atoms with van der Waals surface area (Å²) >= 11 is 12.7. The van der Waals surface area contributed by atoms with Crippen molar-refractivity contribution in [1.29, 1.82) is 0 Å². The molecule has 0 N–H and O–H groups in total. The van der Waals surface area contributed by atoms with Crippen molar-refractivity contribution in [2.75, 3.05) is 69.4 Å². The molecule has 1 aromatic heterocycles. The first-order valence-corrected chi connectivity index (χ1v) is 11.3. The highest BCUT2D eigenvalue weighted by Gasteiger charge is 2.26. The summed E-state index contributed by atoms with van der Waals surface area (Å²) in [5.74, 6) is 1.33. The topological polar surface area (TPSA) is 63.1 Å². The minimum Gasteiger partial charge on any atom is -0.495 e. The molecule has 2 fully saturated rings. The van der Waals surface area contributed by atoms with Gasteiger partial charge in [0, 0.05) is 51.0 Å². The SMILES string of the molecule is C=Cc1c(Cl)c(N2CCOCC2)nn1CC(=O)N1CCN(c2ccc(Cl)c(OC)c2)CC1. The quantitative estimate of drug-likeness (QED) is 0.634. The van der Waals surface area contributed by atoms with Crippen LogP contribution in [0.25, 0.3) is 6.08 Å². The van der Waals surface area contributed by atoms with Crippen molar-refractivity contribution in [3.8, 4) is 5.75 Å². The van der Waals surface area contributed by atoms with Crippen LogP contribution in [0.4, 0.5) is 11.5 Å². The monoisotopic (exact) mass is 479 g/mol. The number of carbonyl (C=O) groups excluding carboxylic acids is 1. The number of benzene rings is 1. The molecule has 2 saturated heterocycles. The van der Waals surface area contributed by atoms with Gasteiger partial charge in [-0.05, 0) is 18.2 Å². The third-order valence-corrected chi connectivity index (χ3v) is 6.51. The Morgan fingerprint density at radius 2 is 1.88 bits per heavy atom. The van der Waals surface area contributed by atoms with E-state index in [0.29, 0.717) is 53.6 Å². The lowest BCUT2D eigenvalue weighted by Crippen LogP contribution is -2.49. The van der Waals surface area contributed by atoms with E-state index in [2.05, 4.69) is 21.5 Å². The molecular weight excluding hydrogens is 453 g/mol. The van der Waals surface area contributed by atoms with E-state index in [9.17, 15) is 4.79 Å². The molecule has 8 nitrogen and oxygen atoms in total. The van der Waals surface area contributed by atoms with Crippen molar-refractivity contribution >= 4 is 46.7 Å². The molecule has 0 unspecified atom stereocenters. The minimum atomic E-state index is 0.00845. The number of aromatic nitrogens is 2. The number of nitrogens with zero attached hydrogens (tertiary/aromatic N) is 5. The fraction of sp³-hybridized carbons (Fsp3) is 0.455.